The van der Waals surface area contributed by atoms with Gasteiger partial charge in [-0.1, -0.05) is 40.7 Å². The van der Waals surface area contributed by atoms with Gasteiger partial charge in [0.05, 0.1) is 31.8 Å². The van der Waals surface area contributed by atoms with Gasteiger partial charge in [0.25, 0.3) is 0 Å². The van der Waals surface area contributed by atoms with Crippen LogP contribution in [0, 0.1) is 29.6 Å². The van der Waals surface area contributed by atoms with Gasteiger partial charge in [-0.3, -0.25) is 14.5 Å². The van der Waals surface area contributed by atoms with E-state index in [0.717, 1.165) is 18.4 Å². The molecule has 11 nitrogen and oxygen atoms in total. The normalized spacial score (nSPS) is 19.6. The van der Waals surface area contributed by atoms with Crippen molar-refractivity contribution in [2.24, 2.45) is 35.3 Å². The van der Waals surface area contributed by atoms with Crippen molar-refractivity contribution in [2.75, 3.05) is 34.0 Å². The van der Waals surface area contributed by atoms with Crippen molar-refractivity contribution < 1.29 is 38.1 Å². The van der Waals surface area contributed by atoms with E-state index in [1.807, 2.05) is 60.6 Å². The van der Waals surface area contributed by atoms with Crippen molar-refractivity contribution in [1.29, 1.82) is 0 Å². The molecule has 3 amide bonds. The molecular formula is C37H63N3O8. The van der Waals surface area contributed by atoms with Gasteiger partial charge < -0.3 is 34.7 Å². The summed E-state index contributed by atoms with van der Waals surface area (Å²) in [6.07, 6.45) is 1.65. The molecule has 1 aromatic rings. The number of hydrogen-bond acceptors (Lipinski definition) is 8. The highest BCUT2D eigenvalue weighted by atomic mass is 16.6. The van der Waals surface area contributed by atoms with Crippen LogP contribution in [-0.2, 0) is 30.2 Å². The van der Waals surface area contributed by atoms with Crippen LogP contribution >= 0.6 is 0 Å². The van der Waals surface area contributed by atoms with Gasteiger partial charge in [-0.05, 0) is 89.3 Å². The molecule has 0 aliphatic carbocycles. The Bertz CT molecular complexity index is 1200. The molecule has 1 aromatic carbocycles. The van der Waals surface area contributed by atoms with E-state index >= 15 is 0 Å². The van der Waals surface area contributed by atoms with E-state index < -0.39 is 41.3 Å². The van der Waals surface area contributed by atoms with Crippen LogP contribution in [0.3, 0.4) is 0 Å². The van der Waals surface area contributed by atoms with Crippen molar-refractivity contribution in [1.82, 2.24) is 10.2 Å². The third-order valence-electron chi connectivity index (χ3n) is 9.03. The van der Waals surface area contributed by atoms with Crippen LogP contribution < -0.4 is 20.5 Å². The van der Waals surface area contributed by atoms with Crippen molar-refractivity contribution >= 4 is 17.9 Å². The lowest BCUT2D eigenvalue weighted by molar-refractivity contribution is -0.129. The molecule has 1 saturated heterocycles. The number of primary amides is 1. The van der Waals surface area contributed by atoms with Gasteiger partial charge in [0.2, 0.25) is 11.8 Å². The predicted molar refractivity (Wildman–Crippen MR) is 187 cm³/mol. The third-order valence-corrected chi connectivity index (χ3v) is 9.03. The Morgan fingerprint density at radius 2 is 1.67 bits per heavy atom. The molecule has 2 rings (SSSR count). The summed E-state index contributed by atoms with van der Waals surface area (Å²) < 4.78 is 29.4. The Balaban J connectivity index is 2.45. The highest BCUT2D eigenvalue weighted by Crippen LogP contribution is 2.41. The summed E-state index contributed by atoms with van der Waals surface area (Å²) in [5.41, 5.74) is 4.85. The number of ether oxygens (including phenoxy) is 5. The average Bonchev–Trinajstić information content (AvgIpc) is 3.23. The van der Waals surface area contributed by atoms with Gasteiger partial charge in [-0.2, -0.15) is 0 Å². The van der Waals surface area contributed by atoms with Crippen LogP contribution in [0.5, 0.6) is 11.5 Å². The van der Waals surface area contributed by atoms with Crippen LogP contribution in [0.1, 0.15) is 94.1 Å². The van der Waals surface area contributed by atoms with E-state index in [1.54, 1.807) is 26.0 Å². The maximum atomic E-state index is 13.9. The zero-order valence-corrected chi connectivity index (χ0v) is 31.5. The first-order valence-electron chi connectivity index (χ1n) is 17.4. The number of rotatable bonds is 18. The minimum atomic E-state index is -0.971. The molecule has 2 unspecified atom stereocenters. The Morgan fingerprint density at radius 3 is 2.21 bits per heavy atom. The Labute approximate surface area is 288 Å². The number of hydrogen-bond donors (Lipinski definition) is 2. The second kappa shape index (κ2) is 18.1. The predicted octanol–water partition coefficient (Wildman–Crippen LogP) is 5.96. The SMILES string of the molecule is COCCCOc1cc(C[C@H](CC2C(C[C@H](C(=O)NC[C@@H](C)C(N)=O)C(C)C)OC(C)(C)N2C(=O)OC(C)(C)C)C(C)C)ccc1OC. The van der Waals surface area contributed by atoms with Crippen LogP contribution in [-0.4, -0.2) is 80.3 Å². The molecule has 1 aliphatic rings. The van der Waals surface area contributed by atoms with Crippen molar-refractivity contribution in [2.45, 2.75) is 118 Å². The molecule has 5 atom stereocenters. The van der Waals surface area contributed by atoms with Crippen LogP contribution in [0.15, 0.2) is 18.2 Å². The lowest BCUT2D eigenvalue weighted by Crippen LogP contribution is -2.51. The second-order valence-corrected chi connectivity index (χ2v) is 15.3. The molecule has 0 aromatic heterocycles. The molecule has 1 heterocycles. The van der Waals surface area contributed by atoms with Crippen molar-refractivity contribution in [3.63, 3.8) is 0 Å². The summed E-state index contributed by atoms with van der Waals surface area (Å²) in [6, 6.07) is 5.66. The van der Waals surface area contributed by atoms with Gasteiger partial charge in [0.15, 0.2) is 11.5 Å². The monoisotopic (exact) mass is 677 g/mol. The maximum Gasteiger partial charge on any atom is 0.412 e. The summed E-state index contributed by atoms with van der Waals surface area (Å²) in [5, 5.41) is 2.92. The molecule has 1 fully saturated rings. The highest BCUT2D eigenvalue weighted by Gasteiger charge is 2.52. The Morgan fingerprint density at radius 1 is 1.00 bits per heavy atom. The molecule has 48 heavy (non-hydrogen) atoms. The zero-order chi connectivity index (χ0) is 36.4. The molecule has 0 bridgehead atoms. The first kappa shape index (κ1) is 41.1. The summed E-state index contributed by atoms with van der Waals surface area (Å²) >= 11 is 0. The summed E-state index contributed by atoms with van der Waals surface area (Å²) in [5.74, 6) is 0.228. The van der Waals surface area contributed by atoms with Crippen LogP contribution in [0.25, 0.3) is 0 Å². The number of carbonyl (C=O) groups excluding carboxylic acids is 3. The van der Waals surface area contributed by atoms with Gasteiger partial charge >= 0.3 is 6.09 Å². The molecule has 3 N–H and O–H groups in total. The number of nitrogens with zero attached hydrogens (tertiary/aromatic N) is 1. The van der Waals surface area contributed by atoms with E-state index in [9.17, 15) is 14.4 Å². The van der Waals surface area contributed by atoms with Crippen molar-refractivity contribution in [3.05, 3.63) is 23.8 Å². The van der Waals surface area contributed by atoms with E-state index in [0.29, 0.717) is 37.6 Å². The summed E-state index contributed by atoms with van der Waals surface area (Å²) in [7, 11) is 3.30. The third kappa shape index (κ3) is 12.1. The quantitative estimate of drug-likeness (QED) is 0.182. The molecule has 0 spiro atoms. The molecule has 274 valence electrons. The standard InChI is InChI=1S/C37H63N3O8/c1-23(2)27(18-26-14-15-30(45-12)32(19-26)46-17-13-16-44-11)20-29-31(47-37(9,10)40(29)35(43)48-36(6,7)8)21-28(24(3)4)34(42)39-22-25(5)33(38)41/h14-15,19,23-25,27-29,31H,13,16-18,20-22H2,1-12H3,(H2,38,41)(H,39,42)/t25-,27-,28+,29?,31?/m1/s1. The number of methoxy groups -OCH3 is 2. The highest BCUT2D eigenvalue weighted by molar-refractivity contribution is 5.81. The molecule has 11 heteroatoms. The van der Waals surface area contributed by atoms with Crippen molar-refractivity contribution in [3.8, 4) is 11.5 Å². The number of carbonyl (C=O) groups is 3. The fraction of sp³-hybridized carbons (Fsp3) is 0.757. The largest absolute Gasteiger partial charge is 0.493 e. The first-order valence-corrected chi connectivity index (χ1v) is 17.4. The van der Waals surface area contributed by atoms with Crippen LogP contribution in [0.4, 0.5) is 4.79 Å². The van der Waals surface area contributed by atoms with Gasteiger partial charge in [-0.25, -0.2) is 4.79 Å². The fourth-order valence-electron chi connectivity index (χ4n) is 6.17. The van der Waals surface area contributed by atoms with Gasteiger partial charge in [-0.15, -0.1) is 0 Å². The summed E-state index contributed by atoms with van der Waals surface area (Å²) in [6.45, 7) is 20.7. The average molecular weight is 678 g/mol. The first-order chi connectivity index (χ1) is 22.3. The zero-order valence-electron chi connectivity index (χ0n) is 31.5. The van der Waals surface area contributed by atoms with E-state index in [1.165, 1.54) is 0 Å². The summed E-state index contributed by atoms with van der Waals surface area (Å²) in [4.78, 5) is 40.7. The molecule has 1 aliphatic heterocycles. The number of benzene rings is 1. The van der Waals surface area contributed by atoms with Gasteiger partial charge in [0.1, 0.15) is 11.3 Å². The fourth-order valence-corrected chi connectivity index (χ4v) is 6.17. The van der Waals surface area contributed by atoms with Crippen LogP contribution in [0.2, 0.25) is 0 Å². The molecule has 0 saturated carbocycles. The van der Waals surface area contributed by atoms with E-state index in [4.69, 9.17) is 29.4 Å². The Kier molecular flexibility index (Phi) is 15.5. The second-order valence-electron chi connectivity index (χ2n) is 15.3. The minimum Gasteiger partial charge on any atom is -0.493 e. The maximum absolute atomic E-state index is 13.9. The molecular weight excluding hydrogens is 614 g/mol. The number of amides is 3. The topological polar surface area (TPSA) is 139 Å². The lowest BCUT2D eigenvalue weighted by atomic mass is 9.80. The van der Waals surface area contributed by atoms with Gasteiger partial charge in [0, 0.05) is 32.6 Å². The number of nitrogens with one attached hydrogen (secondary N) is 1. The Hall–Kier alpha value is -3.05. The van der Waals surface area contributed by atoms with E-state index in [-0.39, 0.29) is 36.2 Å². The number of nitrogens with two attached hydrogens (primary N) is 1. The minimum absolute atomic E-state index is 0.0145. The molecule has 0 radical (unpaired) electrons. The smallest absolute Gasteiger partial charge is 0.412 e. The lowest BCUT2D eigenvalue weighted by Gasteiger charge is -2.37. The van der Waals surface area contributed by atoms with E-state index in [2.05, 4.69) is 25.2 Å².